The lowest BCUT2D eigenvalue weighted by Gasteiger charge is -2.16. The van der Waals surface area contributed by atoms with Crippen LogP contribution < -0.4 is 4.74 Å². The highest BCUT2D eigenvalue weighted by Crippen LogP contribution is 2.37. The summed E-state index contributed by atoms with van der Waals surface area (Å²) in [5.41, 5.74) is -0.00986. The van der Waals surface area contributed by atoms with Crippen molar-refractivity contribution in [1.29, 1.82) is 0 Å². The van der Waals surface area contributed by atoms with Crippen molar-refractivity contribution in [3.8, 4) is 5.75 Å². The zero-order valence-corrected chi connectivity index (χ0v) is 10.8. The molecule has 0 saturated heterocycles. The van der Waals surface area contributed by atoms with Crippen LogP contribution in [0.15, 0.2) is 16.6 Å². The van der Waals surface area contributed by atoms with Gasteiger partial charge < -0.3 is 9.84 Å². The van der Waals surface area contributed by atoms with E-state index >= 15 is 0 Å². The van der Waals surface area contributed by atoms with Crippen LogP contribution >= 0.6 is 39.1 Å². The summed E-state index contributed by atoms with van der Waals surface area (Å²) < 4.78 is 18.7. The summed E-state index contributed by atoms with van der Waals surface area (Å²) >= 11 is 14.1. The predicted octanol–water partition coefficient (Wildman–Crippen LogP) is 3.43. The molecule has 0 amide bonds. The predicted molar refractivity (Wildman–Crippen MR) is 61.1 cm³/mol. The van der Waals surface area contributed by atoms with E-state index in [0.717, 1.165) is 0 Å². The topological polar surface area (TPSA) is 29.5 Å². The van der Waals surface area contributed by atoms with E-state index in [0.29, 0.717) is 10.2 Å². The van der Waals surface area contributed by atoms with E-state index < -0.39 is 16.8 Å². The molecule has 1 aromatic rings. The van der Waals surface area contributed by atoms with Crippen LogP contribution in [-0.4, -0.2) is 17.1 Å². The van der Waals surface area contributed by atoms with Gasteiger partial charge >= 0.3 is 0 Å². The van der Waals surface area contributed by atoms with Gasteiger partial charge in [-0.05, 0) is 28.1 Å². The van der Waals surface area contributed by atoms with Crippen LogP contribution in [0.5, 0.6) is 5.75 Å². The molecule has 6 heteroatoms. The summed E-state index contributed by atoms with van der Waals surface area (Å²) in [6.07, 6.45) is -1.31. The van der Waals surface area contributed by atoms with Crippen molar-refractivity contribution in [2.45, 2.75) is 10.9 Å². The smallest absolute Gasteiger partial charge is 0.137 e. The third-order valence-electron chi connectivity index (χ3n) is 1.85. The number of hydrogen-bond acceptors (Lipinski definition) is 2. The fraction of sp³-hybridized carbons (Fsp3) is 0.333. The number of halogens is 4. The molecular weight excluding hydrogens is 310 g/mol. The van der Waals surface area contributed by atoms with Crippen molar-refractivity contribution in [3.63, 3.8) is 0 Å². The normalized spacial score (nSPS) is 13.0. The molecule has 0 heterocycles. The lowest BCUT2D eigenvalue weighted by Crippen LogP contribution is -2.09. The van der Waals surface area contributed by atoms with Crippen LogP contribution in [0.1, 0.15) is 11.7 Å². The number of alkyl halides is 2. The molecule has 0 fully saturated rings. The minimum atomic E-state index is -1.31. The van der Waals surface area contributed by atoms with E-state index in [1.165, 1.54) is 19.2 Å². The summed E-state index contributed by atoms with van der Waals surface area (Å²) in [5, 5.41) is 9.59. The van der Waals surface area contributed by atoms with Gasteiger partial charge in [-0.3, -0.25) is 0 Å². The number of aliphatic hydroxyl groups excluding tert-OH is 1. The molecule has 15 heavy (non-hydrogen) atoms. The maximum Gasteiger partial charge on any atom is 0.137 e. The Morgan fingerprint density at radius 3 is 2.53 bits per heavy atom. The third-order valence-corrected chi connectivity index (χ3v) is 3.14. The molecule has 84 valence electrons. The highest BCUT2D eigenvalue weighted by molar-refractivity contribution is 9.10. The average Bonchev–Trinajstić information content (AvgIpc) is 2.17. The quantitative estimate of drug-likeness (QED) is 0.865. The maximum atomic E-state index is 13.4. The van der Waals surface area contributed by atoms with E-state index in [1.54, 1.807) is 0 Å². The highest BCUT2D eigenvalue weighted by atomic mass is 79.9. The lowest BCUT2D eigenvalue weighted by molar-refractivity contribution is 0.186. The Morgan fingerprint density at radius 1 is 1.47 bits per heavy atom. The van der Waals surface area contributed by atoms with Crippen LogP contribution in [0.3, 0.4) is 0 Å². The minimum absolute atomic E-state index is 0.00986. The summed E-state index contributed by atoms with van der Waals surface area (Å²) in [7, 11) is 1.44. The SMILES string of the molecule is COc1ccc(F)c(C(O)C(Cl)Cl)c1Br. The molecule has 0 aliphatic rings. The summed E-state index contributed by atoms with van der Waals surface area (Å²) in [5.74, 6) is -0.194. The first-order chi connectivity index (χ1) is 6.99. The Bertz CT molecular complexity index is 360. The molecule has 0 spiro atoms. The molecule has 1 rings (SSSR count). The molecule has 1 unspecified atom stereocenters. The molecule has 0 saturated carbocycles. The van der Waals surface area contributed by atoms with Gasteiger partial charge in [0.15, 0.2) is 0 Å². The Kier molecular flexibility index (Phi) is 4.64. The largest absolute Gasteiger partial charge is 0.496 e. The van der Waals surface area contributed by atoms with Crippen LogP contribution in [0.4, 0.5) is 4.39 Å². The van der Waals surface area contributed by atoms with Gasteiger partial charge in [-0.1, -0.05) is 0 Å². The molecule has 0 aliphatic carbocycles. The Hall–Kier alpha value is -0.0300. The van der Waals surface area contributed by atoms with Gasteiger partial charge in [0.25, 0.3) is 0 Å². The van der Waals surface area contributed by atoms with Crippen molar-refractivity contribution < 1.29 is 14.2 Å². The fourth-order valence-corrected chi connectivity index (χ4v) is 2.07. The maximum absolute atomic E-state index is 13.4. The second kappa shape index (κ2) is 5.34. The average molecular weight is 318 g/mol. The summed E-state index contributed by atoms with van der Waals surface area (Å²) in [4.78, 5) is -1.11. The van der Waals surface area contributed by atoms with Crippen molar-refractivity contribution in [1.82, 2.24) is 0 Å². The zero-order chi connectivity index (χ0) is 11.6. The van der Waals surface area contributed by atoms with Crippen molar-refractivity contribution in [2.75, 3.05) is 7.11 Å². The van der Waals surface area contributed by atoms with Gasteiger partial charge in [-0.15, -0.1) is 23.2 Å². The van der Waals surface area contributed by atoms with E-state index in [-0.39, 0.29) is 5.56 Å². The van der Waals surface area contributed by atoms with Gasteiger partial charge in [0.2, 0.25) is 0 Å². The molecule has 0 aromatic heterocycles. The second-order valence-corrected chi connectivity index (χ2v) is 4.71. The molecule has 2 nitrogen and oxygen atoms in total. The van der Waals surface area contributed by atoms with Crippen LogP contribution in [0.25, 0.3) is 0 Å². The Morgan fingerprint density at radius 2 is 2.07 bits per heavy atom. The highest BCUT2D eigenvalue weighted by Gasteiger charge is 2.24. The summed E-state index contributed by atoms with van der Waals surface area (Å²) in [6.45, 7) is 0. The molecule has 1 N–H and O–H groups in total. The van der Waals surface area contributed by atoms with Crippen molar-refractivity contribution in [3.05, 3.63) is 28.0 Å². The molecule has 0 aliphatic heterocycles. The van der Waals surface area contributed by atoms with Crippen LogP contribution in [0, 0.1) is 5.82 Å². The van der Waals surface area contributed by atoms with Crippen molar-refractivity contribution in [2.24, 2.45) is 0 Å². The molecule has 0 bridgehead atoms. The molecule has 0 radical (unpaired) electrons. The van der Waals surface area contributed by atoms with E-state index in [2.05, 4.69) is 15.9 Å². The molecular formula is C9H8BrCl2FO2. The first-order valence-electron chi connectivity index (χ1n) is 3.97. The Labute approximate surface area is 105 Å². The van der Waals surface area contributed by atoms with E-state index in [4.69, 9.17) is 27.9 Å². The van der Waals surface area contributed by atoms with Crippen LogP contribution in [-0.2, 0) is 0 Å². The molecule has 1 atom stereocenters. The molecule has 1 aromatic carbocycles. The van der Waals surface area contributed by atoms with Gasteiger partial charge in [0.05, 0.1) is 11.6 Å². The van der Waals surface area contributed by atoms with Crippen LogP contribution in [0.2, 0.25) is 0 Å². The standard InChI is InChI=1S/C9H8BrCl2FO2/c1-15-5-3-2-4(13)6(7(5)10)8(14)9(11)12/h2-3,8-9,14H,1H3. The number of benzene rings is 1. The Balaban J connectivity index is 3.26. The van der Waals surface area contributed by atoms with Gasteiger partial charge in [0, 0.05) is 5.56 Å². The number of methoxy groups -OCH3 is 1. The van der Waals surface area contributed by atoms with E-state index in [1.807, 2.05) is 0 Å². The number of aliphatic hydroxyl groups is 1. The fourth-order valence-electron chi connectivity index (χ4n) is 1.10. The lowest BCUT2D eigenvalue weighted by atomic mass is 10.1. The van der Waals surface area contributed by atoms with Gasteiger partial charge in [0.1, 0.15) is 22.5 Å². The first-order valence-corrected chi connectivity index (χ1v) is 5.63. The van der Waals surface area contributed by atoms with E-state index in [9.17, 15) is 9.50 Å². The third kappa shape index (κ3) is 2.75. The second-order valence-electron chi connectivity index (χ2n) is 2.76. The van der Waals surface area contributed by atoms with Crippen molar-refractivity contribution >= 4 is 39.1 Å². The van der Waals surface area contributed by atoms with Gasteiger partial charge in [-0.25, -0.2) is 4.39 Å². The minimum Gasteiger partial charge on any atom is -0.496 e. The van der Waals surface area contributed by atoms with Gasteiger partial charge in [-0.2, -0.15) is 0 Å². The zero-order valence-electron chi connectivity index (χ0n) is 7.68. The first kappa shape index (κ1) is 13.0. The number of rotatable bonds is 3. The number of ether oxygens (including phenoxy) is 1. The monoisotopic (exact) mass is 316 g/mol. The summed E-state index contributed by atoms with van der Waals surface area (Å²) in [6, 6.07) is 2.62. The number of hydrogen-bond donors (Lipinski definition) is 1.